The van der Waals surface area contributed by atoms with Crippen LogP contribution in [0.1, 0.15) is 12.1 Å². The van der Waals surface area contributed by atoms with Crippen molar-refractivity contribution in [2.24, 2.45) is 23.7 Å². The first kappa shape index (κ1) is 13.9. The molecule has 2 bridgehead atoms. The maximum absolute atomic E-state index is 12.8. The number of alkyl halides is 2. The van der Waals surface area contributed by atoms with Gasteiger partial charge in [-0.1, -0.05) is 37.9 Å². The van der Waals surface area contributed by atoms with Crippen molar-refractivity contribution in [3.05, 3.63) is 23.9 Å². The van der Waals surface area contributed by atoms with Gasteiger partial charge in [-0.15, -0.1) is 0 Å². The first-order chi connectivity index (χ1) is 10.0. The van der Waals surface area contributed by atoms with Crippen molar-refractivity contribution in [2.45, 2.75) is 23.0 Å². The van der Waals surface area contributed by atoms with E-state index in [2.05, 4.69) is 36.8 Å². The minimum atomic E-state index is -0.178. The lowest BCUT2D eigenvalue weighted by atomic mass is 9.81. The van der Waals surface area contributed by atoms with Gasteiger partial charge in [-0.25, -0.2) is 9.88 Å². The third-order valence-electron chi connectivity index (χ3n) is 5.09. The van der Waals surface area contributed by atoms with Crippen LogP contribution in [0.2, 0.25) is 0 Å². The van der Waals surface area contributed by atoms with Crippen molar-refractivity contribution in [3.8, 4) is 0 Å². The average molecular weight is 414 g/mol. The molecule has 4 nitrogen and oxygen atoms in total. The number of pyridine rings is 1. The molecule has 0 aromatic carbocycles. The quantitative estimate of drug-likeness (QED) is 0.525. The van der Waals surface area contributed by atoms with E-state index in [1.807, 2.05) is 19.1 Å². The SMILES string of the molecule is Cc1cccc(N2C(=O)[C@H]3[C@@H]4C[C@@H]([C@H](Br)[C@@H]4Br)[C@@H]3C2=O)n1. The van der Waals surface area contributed by atoms with Gasteiger partial charge in [0.15, 0.2) is 0 Å². The van der Waals surface area contributed by atoms with Crippen molar-refractivity contribution in [2.75, 3.05) is 4.90 Å². The van der Waals surface area contributed by atoms with Crippen LogP contribution in [-0.2, 0) is 9.59 Å². The number of carbonyl (C=O) groups excluding carboxylic acids is 2. The van der Waals surface area contributed by atoms with Gasteiger partial charge in [0.05, 0.1) is 11.8 Å². The lowest BCUT2D eigenvalue weighted by Crippen LogP contribution is -2.37. The molecule has 3 fully saturated rings. The van der Waals surface area contributed by atoms with Crippen molar-refractivity contribution in [3.63, 3.8) is 0 Å². The van der Waals surface area contributed by atoms with Crippen LogP contribution < -0.4 is 4.90 Å². The molecule has 6 heteroatoms. The molecule has 2 saturated carbocycles. The fourth-order valence-electron chi connectivity index (χ4n) is 4.23. The molecule has 110 valence electrons. The number of rotatable bonds is 1. The van der Waals surface area contributed by atoms with Crippen molar-refractivity contribution >= 4 is 49.5 Å². The summed E-state index contributed by atoms with van der Waals surface area (Å²) >= 11 is 7.38. The smallest absolute Gasteiger partial charge is 0.239 e. The molecular weight excluding hydrogens is 400 g/mol. The predicted octanol–water partition coefficient (Wildman–Crippen LogP) is 2.67. The Bertz CT molecular complexity index is 618. The van der Waals surface area contributed by atoms with Crippen LogP contribution in [0.5, 0.6) is 0 Å². The Balaban J connectivity index is 1.75. The third kappa shape index (κ3) is 1.75. The molecular formula is C15H14Br2N2O2. The van der Waals surface area contributed by atoms with Gasteiger partial charge in [-0.3, -0.25) is 9.59 Å². The van der Waals surface area contributed by atoms with Crippen LogP contribution in [0.15, 0.2) is 18.2 Å². The number of amides is 2. The summed E-state index contributed by atoms with van der Waals surface area (Å²) in [4.78, 5) is 31.8. The summed E-state index contributed by atoms with van der Waals surface area (Å²) in [5.74, 6) is 0.465. The summed E-state index contributed by atoms with van der Waals surface area (Å²) in [5, 5.41) is 0. The zero-order valence-corrected chi connectivity index (χ0v) is 14.5. The zero-order chi connectivity index (χ0) is 14.9. The first-order valence-corrected chi connectivity index (χ1v) is 8.93. The molecule has 4 rings (SSSR count). The first-order valence-electron chi connectivity index (χ1n) is 7.10. The van der Waals surface area contributed by atoms with Crippen LogP contribution in [-0.4, -0.2) is 26.5 Å². The third-order valence-corrected chi connectivity index (χ3v) is 8.30. The number of carbonyl (C=O) groups is 2. The largest absolute Gasteiger partial charge is 0.274 e. The molecule has 3 aliphatic rings. The Morgan fingerprint density at radius 1 is 1.10 bits per heavy atom. The average Bonchev–Trinajstić information content (AvgIpc) is 3.04. The van der Waals surface area contributed by atoms with Crippen LogP contribution in [0.4, 0.5) is 5.82 Å². The number of anilines is 1. The van der Waals surface area contributed by atoms with Crippen molar-refractivity contribution in [1.29, 1.82) is 0 Å². The number of imide groups is 1. The van der Waals surface area contributed by atoms with Crippen LogP contribution in [0, 0.1) is 30.6 Å². The molecule has 2 heterocycles. The number of nitrogens with zero attached hydrogens (tertiary/aromatic N) is 2. The van der Waals surface area contributed by atoms with Crippen LogP contribution >= 0.6 is 31.9 Å². The second-order valence-corrected chi connectivity index (χ2v) is 8.27. The fraction of sp³-hybridized carbons (Fsp3) is 0.533. The Morgan fingerprint density at radius 2 is 1.67 bits per heavy atom. The standard InChI is InChI=1S/C15H14Br2N2O2/c1-6-3-2-4-9(18-6)19-14(20)10-7-5-8(11(10)15(19)21)13(17)12(7)16/h2-4,7-8,10-13H,5H2,1H3/t7-,8+,10-,11-,12+,13-/m0/s1. The highest BCUT2D eigenvalue weighted by Crippen LogP contribution is 2.60. The monoisotopic (exact) mass is 412 g/mol. The molecule has 6 atom stereocenters. The molecule has 0 radical (unpaired) electrons. The Hall–Kier alpha value is -0.750. The normalized spacial score (nSPS) is 41.0. The summed E-state index contributed by atoms with van der Waals surface area (Å²) in [6, 6.07) is 5.44. The van der Waals surface area contributed by atoms with Crippen molar-refractivity contribution in [1.82, 2.24) is 4.98 Å². The molecule has 1 aliphatic heterocycles. The fourth-order valence-corrected chi connectivity index (χ4v) is 6.10. The number of fused-ring (bicyclic) bond motifs is 5. The van der Waals surface area contributed by atoms with Gasteiger partial charge in [0, 0.05) is 15.3 Å². The van der Waals surface area contributed by atoms with E-state index in [9.17, 15) is 9.59 Å². The van der Waals surface area contributed by atoms with E-state index in [1.165, 1.54) is 4.90 Å². The zero-order valence-electron chi connectivity index (χ0n) is 11.4. The van der Waals surface area contributed by atoms with E-state index >= 15 is 0 Å². The molecule has 21 heavy (non-hydrogen) atoms. The number of hydrogen-bond acceptors (Lipinski definition) is 3. The van der Waals surface area contributed by atoms with E-state index in [0.29, 0.717) is 5.82 Å². The van der Waals surface area contributed by atoms with Gasteiger partial charge in [-0.2, -0.15) is 0 Å². The van der Waals surface area contributed by atoms with Gasteiger partial charge in [0.25, 0.3) is 0 Å². The molecule has 0 N–H and O–H groups in total. The van der Waals surface area contributed by atoms with Gasteiger partial charge in [0.1, 0.15) is 5.82 Å². The van der Waals surface area contributed by atoms with E-state index in [1.54, 1.807) is 6.07 Å². The Labute approximate surface area is 139 Å². The summed E-state index contributed by atoms with van der Waals surface area (Å²) in [6.45, 7) is 1.86. The highest BCUT2D eigenvalue weighted by molar-refractivity contribution is 9.12. The van der Waals surface area contributed by atoms with Gasteiger partial charge in [0.2, 0.25) is 11.8 Å². The van der Waals surface area contributed by atoms with Crippen LogP contribution in [0.3, 0.4) is 0 Å². The summed E-state index contributed by atoms with van der Waals surface area (Å²) in [7, 11) is 0. The minimum absolute atomic E-state index is 0.0700. The number of hydrogen-bond donors (Lipinski definition) is 0. The predicted molar refractivity (Wildman–Crippen MR) is 85.5 cm³/mol. The lowest BCUT2D eigenvalue weighted by Gasteiger charge is -2.28. The van der Waals surface area contributed by atoms with Crippen molar-refractivity contribution < 1.29 is 9.59 Å². The molecule has 1 saturated heterocycles. The minimum Gasteiger partial charge on any atom is -0.274 e. The second kappa shape index (κ2) is 4.62. The second-order valence-electron chi connectivity index (χ2n) is 6.15. The molecule has 1 aromatic heterocycles. The topological polar surface area (TPSA) is 50.3 Å². The summed E-state index contributed by atoms with van der Waals surface area (Å²) in [5.41, 5.74) is 0.810. The maximum Gasteiger partial charge on any atom is 0.239 e. The number of aromatic nitrogens is 1. The molecule has 1 aromatic rings. The van der Waals surface area contributed by atoms with Gasteiger partial charge in [-0.05, 0) is 37.3 Å². The number of aryl methyl sites for hydroxylation is 1. The lowest BCUT2D eigenvalue weighted by molar-refractivity contribution is -0.123. The Morgan fingerprint density at radius 3 is 2.19 bits per heavy atom. The van der Waals surface area contributed by atoms with E-state index in [0.717, 1.165) is 12.1 Å². The van der Waals surface area contributed by atoms with Crippen LogP contribution in [0.25, 0.3) is 0 Å². The molecule has 0 unspecified atom stereocenters. The van der Waals surface area contributed by atoms with E-state index in [4.69, 9.17) is 0 Å². The van der Waals surface area contributed by atoms with E-state index < -0.39 is 0 Å². The van der Waals surface area contributed by atoms with Gasteiger partial charge >= 0.3 is 0 Å². The van der Waals surface area contributed by atoms with Gasteiger partial charge < -0.3 is 0 Å². The number of halogens is 2. The highest BCUT2D eigenvalue weighted by atomic mass is 79.9. The highest BCUT2D eigenvalue weighted by Gasteiger charge is 2.66. The molecule has 2 aliphatic carbocycles. The maximum atomic E-state index is 12.8. The summed E-state index contributed by atoms with van der Waals surface area (Å²) < 4.78 is 0. The molecule has 2 amide bonds. The summed E-state index contributed by atoms with van der Waals surface area (Å²) in [6.07, 6.45) is 0.952. The Kier molecular flexibility index (Phi) is 3.05. The van der Waals surface area contributed by atoms with E-state index in [-0.39, 0.29) is 45.1 Å². The molecule has 0 spiro atoms.